The lowest BCUT2D eigenvalue weighted by Crippen LogP contribution is -2.62. The molecule has 4 aliphatic heterocycles. The second-order valence-corrected chi connectivity index (χ2v) is 22.8. The van der Waals surface area contributed by atoms with Gasteiger partial charge in [0.1, 0.15) is 35.0 Å². The average molecular weight is 1140 g/mol. The van der Waals surface area contributed by atoms with Gasteiger partial charge in [-0.2, -0.15) is 8.42 Å². The zero-order chi connectivity index (χ0) is 58.3. The van der Waals surface area contributed by atoms with Gasteiger partial charge in [0.05, 0.1) is 36.4 Å². The lowest BCUT2D eigenvalue weighted by molar-refractivity contribution is -0.154. The fourth-order valence-corrected chi connectivity index (χ4v) is 11.4. The van der Waals surface area contributed by atoms with Gasteiger partial charge in [-0.1, -0.05) is 85.1 Å². The standard InChI is InChI=1S/C58H67ClN4O16S/c1-34-10-9-11-42(33-65)58(73)30-47(77-56(72)61-58)35(2)55-57(4,79-55)49(29-52(70)62(5)45-27-39(24-34)25-41(32-64)54(45)59)78-53(71)22-16-37-13-17-40(18-14-37)36(3)60-31-46(67)44-19-15-38(28-48(44)80(74,75)76)26-43(66)12-7-6-8-23-63-50(68)20-21-51(63)69/h9-11,13-15,17-21,25,27-28,35,42,47,49,55,64-65,73H,6-8,12,16,22-24,26,29-33H2,1-5H3,(H,61,72)(H,74,75,76)/b11-9+,34-10+,60-36?/t35-,42+,47+,49+,55+,57+,58+/m1/s1. The third-order valence-electron chi connectivity index (χ3n) is 15.1. The molecule has 2 fully saturated rings. The van der Waals surface area contributed by atoms with Crippen LogP contribution in [0.4, 0.5) is 10.5 Å². The molecule has 3 aromatic rings. The van der Waals surface area contributed by atoms with Crippen molar-refractivity contribution in [3.8, 4) is 0 Å². The van der Waals surface area contributed by atoms with Crippen LogP contribution in [0.1, 0.15) is 111 Å². The Hall–Kier alpha value is -6.72. The molecule has 3 aromatic carbocycles. The summed E-state index contributed by atoms with van der Waals surface area (Å²) in [5.74, 6) is -4.34. The summed E-state index contributed by atoms with van der Waals surface area (Å²) in [6.45, 7) is 5.80. The Labute approximate surface area is 469 Å². The largest absolute Gasteiger partial charge is 0.459 e. The number of aliphatic hydroxyl groups excluding tert-OH is 2. The number of carbonyl (C=O) groups is 7. The predicted molar refractivity (Wildman–Crippen MR) is 293 cm³/mol. The maximum Gasteiger partial charge on any atom is 0.409 e. The number of halogens is 1. The number of aliphatic imine (C=N–C) groups is 1. The molecule has 4 amide bonds. The van der Waals surface area contributed by atoms with Crippen molar-refractivity contribution in [1.82, 2.24) is 10.2 Å². The number of rotatable bonds is 19. The molecule has 5 N–H and O–H groups in total. The van der Waals surface area contributed by atoms with Gasteiger partial charge in [0.2, 0.25) is 5.91 Å². The molecular formula is C58H67ClN4O16S. The number of aliphatic hydroxyl groups is 3. The van der Waals surface area contributed by atoms with E-state index in [2.05, 4.69) is 10.3 Å². The molecule has 2 saturated heterocycles. The summed E-state index contributed by atoms with van der Waals surface area (Å²) in [5, 5.41) is 35.1. The van der Waals surface area contributed by atoms with Crippen molar-refractivity contribution in [3.05, 3.63) is 129 Å². The number of fused-ring (bicyclic) bond motifs is 5. The number of allylic oxidation sites excluding steroid dienone is 3. The summed E-state index contributed by atoms with van der Waals surface area (Å²) in [6, 6.07) is 14.2. The van der Waals surface area contributed by atoms with Crippen LogP contribution in [0.2, 0.25) is 5.02 Å². The molecule has 4 bridgehead atoms. The van der Waals surface area contributed by atoms with E-state index in [4.69, 9.17) is 25.8 Å². The maximum atomic E-state index is 14.3. The molecule has 0 aliphatic carbocycles. The number of hydrogen-bond acceptors (Lipinski definition) is 16. The molecule has 7 atom stereocenters. The van der Waals surface area contributed by atoms with Crippen molar-refractivity contribution in [3.63, 3.8) is 0 Å². The van der Waals surface area contributed by atoms with E-state index in [9.17, 15) is 61.9 Å². The third kappa shape index (κ3) is 14.8. The Kier molecular flexibility index (Phi) is 19.7. The third-order valence-corrected chi connectivity index (χ3v) is 16.5. The van der Waals surface area contributed by atoms with Crippen molar-refractivity contribution >= 4 is 74.5 Å². The summed E-state index contributed by atoms with van der Waals surface area (Å²) in [5.41, 5.74) is 0.833. The number of hydrogen-bond donors (Lipinski definition) is 5. The van der Waals surface area contributed by atoms with Gasteiger partial charge >= 0.3 is 12.1 Å². The maximum absolute atomic E-state index is 14.3. The molecule has 0 unspecified atom stereocenters. The Morgan fingerprint density at radius 3 is 2.34 bits per heavy atom. The highest BCUT2D eigenvalue weighted by Gasteiger charge is 2.64. The number of Topliss-reactive ketones (excluding diaryl/α,β-unsaturated/α-hetero) is 2. The van der Waals surface area contributed by atoms with Crippen LogP contribution in [-0.4, -0.2) is 137 Å². The number of nitrogens with zero attached hydrogens (tertiary/aromatic N) is 3. The highest BCUT2D eigenvalue weighted by atomic mass is 35.5. The van der Waals surface area contributed by atoms with Crippen LogP contribution in [0.15, 0.2) is 100 Å². The number of benzene rings is 3. The van der Waals surface area contributed by atoms with E-state index in [1.807, 2.05) is 6.92 Å². The first kappa shape index (κ1) is 60.9. The number of epoxide rings is 1. The number of aryl methyl sites for hydroxylation is 1. The van der Waals surface area contributed by atoms with Crippen LogP contribution in [0.25, 0.3) is 0 Å². The number of unbranched alkanes of at least 4 members (excludes halogenated alkanes) is 2. The molecule has 22 heteroatoms. The van der Waals surface area contributed by atoms with Crippen molar-refractivity contribution in [2.45, 2.75) is 133 Å². The molecule has 4 heterocycles. The van der Waals surface area contributed by atoms with Crippen LogP contribution in [0.3, 0.4) is 0 Å². The summed E-state index contributed by atoms with van der Waals surface area (Å²) in [6.07, 6.45) is 5.27. The Morgan fingerprint density at radius 1 is 0.963 bits per heavy atom. The van der Waals surface area contributed by atoms with Crippen LogP contribution in [0, 0.1) is 11.8 Å². The summed E-state index contributed by atoms with van der Waals surface area (Å²) >= 11 is 6.77. The highest BCUT2D eigenvalue weighted by molar-refractivity contribution is 7.86. The number of ether oxygens (including phenoxy) is 3. The van der Waals surface area contributed by atoms with Gasteiger partial charge < -0.3 is 34.4 Å². The lowest BCUT2D eigenvalue weighted by atomic mass is 9.81. The number of alkyl carbamates (subject to hydrolysis) is 1. The zero-order valence-electron chi connectivity index (χ0n) is 45.2. The van der Waals surface area contributed by atoms with Crippen molar-refractivity contribution in [2.75, 3.05) is 31.6 Å². The van der Waals surface area contributed by atoms with E-state index in [0.29, 0.717) is 48.2 Å². The molecule has 0 radical (unpaired) electrons. The van der Waals surface area contributed by atoms with Crippen LogP contribution >= 0.6 is 11.6 Å². The van der Waals surface area contributed by atoms with Gasteiger partial charge in [0, 0.05) is 74.5 Å². The number of anilines is 1. The minimum absolute atomic E-state index is 0.123. The van der Waals surface area contributed by atoms with E-state index in [1.165, 1.54) is 36.2 Å². The zero-order valence-corrected chi connectivity index (χ0v) is 46.8. The molecule has 428 valence electrons. The monoisotopic (exact) mass is 1140 g/mol. The van der Waals surface area contributed by atoms with Crippen molar-refractivity contribution in [1.29, 1.82) is 0 Å². The molecule has 0 aromatic heterocycles. The topological polar surface area (TPSA) is 296 Å². The first-order valence-corrected chi connectivity index (χ1v) is 28.2. The van der Waals surface area contributed by atoms with Gasteiger partial charge in [-0.25, -0.2) is 4.79 Å². The first-order valence-electron chi connectivity index (χ1n) is 26.3. The second kappa shape index (κ2) is 25.8. The first-order chi connectivity index (χ1) is 37.8. The van der Waals surface area contributed by atoms with Crippen molar-refractivity contribution < 1.29 is 76.1 Å². The molecule has 7 rings (SSSR count). The predicted octanol–water partition coefficient (Wildman–Crippen LogP) is 5.91. The minimum Gasteiger partial charge on any atom is -0.459 e. The number of esters is 1. The summed E-state index contributed by atoms with van der Waals surface area (Å²) in [7, 11) is -3.36. The van der Waals surface area contributed by atoms with E-state index in [0.717, 1.165) is 27.7 Å². The van der Waals surface area contributed by atoms with Crippen LogP contribution in [0.5, 0.6) is 0 Å². The average Bonchev–Trinajstić information content (AvgIpc) is 4.08. The Morgan fingerprint density at radius 2 is 1.66 bits per heavy atom. The van der Waals surface area contributed by atoms with Crippen molar-refractivity contribution in [2.24, 2.45) is 16.8 Å². The molecule has 80 heavy (non-hydrogen) atoms. The van der Waals surface area contributed by atoms with Gasteiger partial charge in [0.15, 0.2) is 11.5 Å². The molecule has 0 saturated carbocycles. The quantitative estimate of drug-likeness (QED) is 0.0177. The van der Waals surface area contributed by atoms with E-state index >= 15 is 0 Å². The smallest absolute Gasteiger partial charge is 0.409 e. The van der Waals surface area contributed by atoms with Gasteiger partial charge in [-0.3, -0.25) is 48.5 Å². The normalized spacial score (nSPS) is 25.6. The van der Waals surface area contributed by atoms with Crippen LogP contribution < -0.4 is 10.2 Å². The molecule has 0 spiro atoms. The lowest BCUT2D eigenvalue weighted by Gasteiger charge is -2.42. The van der Waals surface area contributed by atoms with Gasteiger partial charge in [-0.15, -0.1) is 0 Å². The number of ketones is 2. The minimum atomic E-state index is -4.89. The number of imide groups is 1. The summed E-state index contributed by atoms with van der Waals surface area (Å²) < 4.78 is 53.0. The van der Waals surface area contributed by atoms with Gasteiger partial charge in [-0.05, 0) is 92.5 Å². The van der Waals surface area contributed by atoms with E-state index in [-0.39, 0.29) is 78.8 Å². The molecule has 4 aliphatic rings. The van der Waals surface area contributed by atoms with Crippen LogP contribution in [-0.2, 0) is 74.2 Å². The van der Waals surface area contributed by atoms with Gasteiger partial charge in [0.25, 0.3) is 21.9 Å². The fourth-order valence-electron chi connectivity index (χ4n) is 10.3. The number of nitrogens with one attached hydrogen (secondary N) is 1. The van der Waals surface area contributed by atoms with E-state index < -0.39 is 100.0 Å². The van der Waals surface area contributed by atoms with E-state index in [1.54, 1.807) is 75.4 Å². The summed E-state index contributed by atoms with van der Waals surface area (Å²) in [4.78, 5) is 96.9. The number of carbonyl (C=O) groups excluding carboxylic acids is 7. The Balaban J connectivity index is 0.997. The highest BCUT2D eigenvalue weighted by Crippen LogP contribution is 2.49. The number of amides is 4. The fraction of sp³-hybridized carbons (Fsp3) is 0.448. The SMILES string of the molecule is CC(=NCC(=O)c1ccc(CC(=O)CCCCCN2C(=O)C=CC2=O)cc1S(=O)(=O)O)c1ccc(CCC(=O)O[C@H]2CC(=O)N(C)c3cc(cc(CO)c3Cl)C/C(C)=C/C=C/[C@@H](CO)[C@@]3(O)C[C@H](OC(=O)N3)[C@@H](C)[C@@H]3O[C@@]23C)cc1. The Bertz CT molecular complexity index is 3140. The second-order valence-electron chi connectivity index (χ2n) is 21.0. The molecular weight excluding hydrogens is 1080 g/mol. The molecule has 20 nitrogen and oxygen atoms in total.